The second kappa shape index (κ2) is 8.19. The van der Waals surface area contributed by atoms with Crippen LogP contribution >= 0.6 is 0 Å². The van der Waals surface area contributed by atoms with Crippen LogP contribution in [0.4, 0.5) is 5.69 Å². The minimum Gasteiger partial charge on any atom is -0.484 e. The Morgan fingerprint density at radius 3 is 2.59 bits per heavy atom. The summed E-state index contributed by atoms with van der Waals surface area (Å²) in [6.07, 6.45) is 0.596. The molecular weight excluding hydrogens is 364 g/mol. The van der Waals surface area contributed by atoms with Crippen LogP contribution in [0.25, 0.3) is 11.1 Å². The SMILES string of the molecule is Cc1cccc(OCC(=O)Nc2ccc(Cc3nc4cc(C)ccc4o3)cc2)c1. The molecule has 0 bridgehead atoms. The number of hydrogen-bond donors (Lipinski definition) is 1. The van der Waals surface area contributed by atoms with E-state index in [0.717, 1.165) is 33.5 Å². The fourth-order valence-electron chi connectivity index (χ4n) is 3.09. The van der Waals surface area contributed by atoms with Gasteiger partial charge in [-0.1, -0.05) is 30.3 Å². The quantitative estimate of drug-likeness (QED) is 0.503. The molecule has 4 aromatic rings. The van der Waals surface area contributed by atoms with Gasteiger partial charge in [-0.3, -0.25) is 4.79 Å². The Bertz CT molecular complexity index is 1150. The summed E-state index contributed by atoms with van der Waals surface area (Å²) in [5.41, 5.74) is 5.69. The van der Waals surface area contributed by atoms with Crippen molar-refractivity contribution in [1.82, 2.24) is 4.98 Å². The molecule has 1 heterocycles. The van der Waals surface area contributed by atoms with Crippen LogP contribution < -0.4 is 10.1 Å². The number of amides is 1. The van der Waals surface area contributed by atoms with Gasteiger partial charge in [0.05, 0.1) is 0 Å². The normalized spacial score (nSPS) is 10.8. The van der Waals surface area contributed by atoms with Crippen molar-refractivity contribution < 1.29 is 13.9 Å². The summed E-state index contributed by atoms with van der Waals surface area (Å²) >= 11 is 0. The fraction of sp³-hybridized carbons (Fsp3) is 0.167. The first-order chi connectivity index (χ1) is 14.0. The van der Waals surface area contributed by atoms with Gasteiger partial charge < -0.3 is 14.5 Å². The van der Waals surface area contributed by atoms with Crippen LogP contribution in [0.15, 0.2) is 71.1 Å². The summed E-state index contributed by atoms with van der Waals surface area (Å²) in [5, 5.41) is 2.84. The molecule has 3 aromatic carbocycles. The van der Waals surface area contributed by atoms with Gasteiger partial charge in [-0.2, -0.15) is 0 Å². The molecule has 0 aliphatic rings. The second-order valence-electron chi connectivity index (χ2n) is 7.11. The summed E-state index contributed by atoms with van der Waals surface area (Å²) in [7, 11) is 0. The van der Waals surface area contributed by atoms with Crippen molar-refractivity contribution >= 4 is 22.7 Å². The Balaban J connectivity index is 1.34. The van der Waals surface area contributed by atoms with Gasteiger partial charge in [-0.25, -0.2) is 4.98 Å². The maximum atomic E-state index is 12.1. The van der Waals surface area contributed by atoms with E-state index >= 15 is 0 Å². The Morgan fingerprint density at radius 1 is 1.00 bits per heavy atom. The number of carbonyl (C=O) groups is 1. The van der Waals surface area contributed by atoms with Crippen LogP contribution in [-0.4, -0.2) is 17.5 Å². The Kier molecular flexibility index (Phi) is 5.29. The summed E-state index contributed by atoms with van der Waals surface area (Å²) in [6.45, 7) is 3.98. The van der Waals surface area contributed by atoms with E-state index < -0.39 is 0 Å². The molecule has 0 saturated heterocycles. The van der Waals surface area contributed by atoms with Crippen molar-refractivity contribution in [1.29, 1.82) is 0 Å². The topological polar surface area (TPSA) is 64.4 Å². The number of hydrogen-bond acceptors (Lipinski definition) is 4. The highest BCUT2D eigenvalue weighted by Crippen LogP contribution is 2.20. The highest BCUT2D eigenvalue weighted by atomic mass is 16.5. The first-order valence-electron chi connectivity index (χ1n) is 9.49. The van der Waals surface area contributed by atoms with Crippen LogP contribution in [0.2, 0.25) is 0 Å². The highest BCUT2D eigenvalue weighted by Gasteiger charge is 2.08. The van der Waals surface area contributed by atoms with E-state index in [0.29, 0.717) is 18.1 Å². The van der Waals surface area contributed by atoms with E-state index in [9.17, 15) is 4.79 Å². The Labute approximate surface area is 169 Å². The lowest BCUT2D eigenvalue weighted by atomic mass is 10.1. The summed E-state index contributed by atoms with van der Waals surface area (Å²) < 4.78 is 11.3. The first-order valence-corrected chi connectivity index (χ1v) is 9.49. The number of anilines is 1. The number of rotatable bonds is 6. The van der Waals surface area contributed by atoms with Gasteiger partial charge in [0.1, 0.15) is 11.3 Å². The third-order valence-corrected chi connectivity index (χ3v) is 4.54. The number of carbonyl (C=O) groups excluding carboxylic acids is 1. The summed E-state index contributed by atoms with van der Waals surface area (Å²) in [6, 6.07) is 21.2. The van der Waals surface area contributed by atoms with Crippen molar-refractivity contribution in [3.05, 3.63) is 89.3 Å². The van der Waals surface area contributed by atoms with Gasteiger partial charge in [0.2, 0.25) is 0 Å². The smallest absolute Gasteiger partial charge is 0.262 e. The minimum absolute atomic E-state index is 0.0342. The Hall–Kier alpha value is -3.60. The van der Waals surface area contributed by atoms with E-state index in [1.54, 1.807) is 0 Å². The molecule has 1 amide bonds. The molecule has 0 aliphatic heterocycles. The molecule has 5 nitrogen and oxygen atoms in total. The molecule has 1 aromatic heterocycles. The molecule has 146 valence electrons. The predicted molar refractivity (Wildman–Crippen MR) is 113 cm³/mol. The number of oxazole rings is 1. The van der Waals surface area contributed by atoms with Crippen LogP contribution in [0.3, 0.4) is 0 Å². The molecular formula is C24H22N2O3. The van der Waals surface area contributed by atoms with Gasteiger partial charge in [0, 0.05) is 12.1 Å². The maximum absolute atomic E-state index is 12.1. The van der Waals surface area contributed by atoms with Gasteiger partial charge in [0.25, 0.3) is 5.91 Å². The van der Waals surface area contributed by atoms with Crippen LogP contribution in [0.1, 0.15) is 22.6 Å². The van der Waals surface area contributed by atoms with Gasteiger partial charge in [0.15, 0.2) is 18.1 Å². The lowest BCUT2D eigenvalue weighted by Gasteiger charge is -2.08. The van der Waals surface area contributed by atoms with Crippen molar-refractivity contribution in [3.8, 4) is 5.75 Å². The number of nitrogens with zero attached hydrogens (tertiary/aromatic N) is 1. The van der Waals surface area contributed by atoms with Crippen molar-refractivity contribution in [2.75, 3.05) is 11.9 Å². The molecule has 0 unspecified atom stereocenters. The first kappa shape index (κ1) is 18.7. The standard InChI is InChI=1S/C24H22N2O3/c1-16-4-3-5-20(12-16)28-15-23(27)25-19-9-7-18(8-10-19)14-24-26-21-13-17(2)6-11-22(21)29-24/h3-13H,14-15H2,1-2H3,(H,25,27). The molecule has 29 heavy (non-hydrogen) atoms. The highest BCUT2D eigenvalue weighted by molar-refractivity contribution is 5.91. The zero-order valence-electron chi connectivity index (χ0n) is 16.4. The third kappa shape index (κ3) is 4.82. The lowest BCUT2D eigenvalue weighted by molar-refractivity contribution is -0.118. The third-order valence-electron chi connectivity index (χ3n) is 4.54. The average Bonchev–Trinajstić information content (AvgIpc) is 3.09. The minimum atomic E-state index is -0.200. The summed E-state index contributed by atoms with van der Waals surface area (Å²) in [4.78, 5) is 16.7. The summed E-state index contributed by atoms with van der Waals surface area (Å²) in [5.74, 6) is 1.16. The van der Waals surface area contributed by atoms with Crippen molar-refractivity contribution in [3.63, 3.8) is 0 Å². The van der Waals surface area contributed by atoms with Gasteiger partial charge >= 0.3 is 0 Å². The van der Waals surface area contributed by atoms with E-state index in [4.69, 9.17) is 9.15 Å². The van der Waals surface area contributed by atoms with Crippen LogP contribution in [0, 0.1) is 13.8 Å². The average molecular weight is 386 g/mol. The number of benzene rings is 3. The molecule has 0 fully saturated rings. The molecule has 1 N–H and O–H groups in total. The van der Waals surface area contributed by atoms with Crippen molar-refractivity contribution in [2.24, 2.45) is 0 Å². The fourth-order valence-corrected chi connectivity index (χ4v) is 3.09. The van der Waals surface area contributed by atoms with Crippen LogP contribution in [-0.2, 0) is 11.2 Å². The second-order valence-corrected chi connectivity index (χ2v) is 7.11. The van der Waals surface area contributed by atoms with Crippen LogP contribution in [0.5, 0.6) is 5.75 Å². The molecule has 5 heteroatoms. The van der Waals surface area contributed by atoms with E-state index in [1.165, 1.54) is 0 Å². The molecule has 0 atom stereocenters. The molecule has 0 saturated carbocycles. The van der Waals surface area contributed by atoms with Gasteiger partial charge in [-0.05, 0) is 66.9 Å². The van der Waals surface area contributed by atoms with E-state index in [2.05, 4.69) is 10.3 Å². The van der Waals surface area contributed by atoms with Gasteiger partial charge in [-0.15, -0.1) is 0 Å². The zero-order chi connectivity index (χ0) is 20.2. The number of fused-ring (bicyclic) bond motifs is 1. The predicted octanol–water partition coefficient (Wildman–Crippen LogP) is 5.05. The maximum Gasteiger partial charge on any atom is 0.262 e. The largest absolute Gasteiger partial charge is 0.484 e. The van der Waals surface area contributed by atoms with Crippen molar-refractivity contribution in [2.45, 2.75) is 20.3 Å². The van der Waals surface area contributed by atoms with E-state index in [-0.39, 0.29) is 12.5 Å². The zero-order valence-corrected chi connectivity index (χ0v) is 16.4. The lowest BCUT2D eigenvalue weighted by Crippen LogP contribution is -2.20. The molecule has 0 spiro atoms. The Morgan fingerprint density at radius 2 is 1.79 bits per heavy atom. The number of ether oxygens (including phenoxy) is 1. The monoisotopic (exact) mass is 386 g/mol. The number of nitrogens with one attached hydrogen (secondary N) is 1. The molecule has 4 rings (SSSR count). The van der Waals surface area contributed by atoms with E-state index in [1.807, 2.05) is 80.6 Å². The number of aryl methyl sites for hydroxylation is 2. The molecule has 0 aliphatic carbocycles. The molecule has 0 radical (unpaired) electrons. The number of aromatic nitrogens is 1.